The van der Waals surface area contributed by atoms with Gasteiger partial charge in [0.25, 0.3) is 0 Å². The van der Waals surface area contributed by atoms with Crippen molar-refractivity contribution in [3.8, 4) is 17.2 Å². The van der Waals surface area contributed by atoms with E-state index in [1.807, 2.05) is 0 Å². The Hall–Kier alpha value is -3.72. The average molecular weight is 477 g/mol. The van der Waals surface area contributed by atoms with Crippen molar-refractivity contribution in [1.82, 2.24) is 10.6 Å². The highest BCUT2D eigenvalue weighted by Crippen LogP contribution is 2.35. The molecule has 0 saturated carbocycles. The van der Waals surface area contributed by atoms with E-state index in [-0.39, 0.29) is 24.2 Å². The normalized spacial score (nSPS) is 11.8. The SMILES string of the molecule is NC(CCC(=O)NC(CS)C(=O)NCC(=O)O)C(=O)O.O=C(O)c1cc(O)c(O)c(O)c1. The van der Waals surface area contributed by atoms with Crippen LogP contribution in [0.15, 0.2) is 12.1 Å². The Morgan fingerprint density at radius 1 is 1.00 bits per heavy atom. The minimum atomic E-state index is -1.29. The summed E-state index contributed by atoms with van der Waals surface area (Å²) < 4.78 is 0. The first kappa shape index (κ1) is 28.3. The van der Waals surface area contributed by atoms with Gasteiger partial charge in [-0.1, -0.05) is 0 Å². The minimum Gasteiger partial charge on any atom is -0.504 e. The maximum atomic E-state index is 11.5. The Kier molecular flexibility index (Phi) is 12.0. The maximum absolute atomic E-state index is 11.5. The van der Waals surface area contributed by atoms with E-state index in [1.54, 1.807) is 0 Å². The van der Waals surface area contributed by atoms with Crippen LogP contribution in [-0.2, 0) is 19.2 Å². The van der Waals surface area contributed by atoms with Crippen molar-refractivity contribution in [2.24, 2.45) is 5.73 Å². The Morgan fingerprint density at radius 3 is 1.94 bits per heavy atom. The predicted molar refractivity (Wildman–Crippen MR) is 110 cm³/mol. The number of phenols is 3. The van der Waals surface area contributed by atoms with E-state index >= 15 is 0 Å². The van der Waals surface area contributed by atoms with Crippen LogP contribution in [-0.4, -0.2) is 84.7 Å². The number of hydrogen-bond acceptors (Lipinski definition) is 10. The minimum absolute atomic E-state index is 0.0256. The fraction of sp³-hybridized carbons (Fsp3) is 0.353. The summed E-state index contributed by atoms with van der Waals surface area (Å²) in [6.45, 7) is -0.567. The number of nitrogens with two attached hydrogens (primary N) is 1. The van der Waals surface area contributed by atoms with Gasteiger partial charge in [-0.3, -0.25) is 19.2 Å². The molecule has 0 aromatic heterocycles. The second-order valence-corrected chi connectivity index (χ2v) is 6.43. The third-order valence-corrected chi connectivity index (χ3v) is 3.93. The number of hydrogen-bond donors (Lipinski definition) is 10. The number of aliphatic carboxylic acids is 2. The van der Waals surface area contributed by atoms with Crippen LogP contribution in [0.4, 0.5) is 0 Å². The Labute approximate surface area is 186 Å². The van der Waals surface area contributed by atoms with Crippen LogP contribution in [0.2, 0.25) is 0 Å². The zero-order valence-corrected chi connectivity index (χ0v) is 17.3. The Morgan fingerprint density at radius 2 is 1.53 bits per heavy atom. The van der Waals surface area contributed by atoms with Gasteiger partial charge in [0.2, 0.25) is 11.8 Å². The number of aromatic hydroxyl groups is 3. The molecule has 0 bridgehead atoms. The van der Waals surface area contributed by atoms with Crippen molar-refractivity contribution in [3.05, 3.63) is 17.7 Å². The topological polar surface area (TPSA) is 257 Å². The molecule has 0 heterocycles. The quantitative estimate of drug-likeness (QED) is 0.133. The Bertz CT molecular complexity index is 839. The molecule has 2 atom stereocenters. The monoisotopic (exact) mass is 477 g/mol. The van der Waals surface area contributed by atoms with Gasteiger partial charge in [0.05, 0.1) is 5.56 Å². The molecule has 0 saturated heterocycles. The molecule has 10 N–H and O–H groups in total. The second kappa shape index (κ2) is 13.6. The van der Waals surface area contributed by atoms with Crippen molar-refractivity contribution in [1.29, 1.82) is 0 Å². The number of carbonyl (C=O) groups is 5. The number of phenolic OH excluding ortho intramolecular Hbond substituents is 3. The van der Waals surface area contributed by atoms with E-state index < -0.39 is 65.6 Å². The van der Waals surface area contributed by atoms with Crippen LogP contribution in [0.3, 0.4) is 0 Å². The lowest BCUT2D eigenvalue weighted by Crippen LogP contribution is -2.49. The predicted octanol–water partition coefficient (Wildman–Crippen LogP) is -1.70. The number of carboxylic acids is 3. The summed E-state index contributed by atoms with van der Waals surface area (Å²) in [5.74, 6) is -7.04. The highest BCUT2D eigenvalue weighted by Gasteiger charge is 2.21. The van der Waals surface area contributed by atoms with Crippen LogP contribution >= 0.6 is 12.6 Å². The van der Waals surface area contributed by atoms with Gasteiger partial charge in [0.15, 0.2) is 17.2 Å². The summed E-state index contributed by atoms with van der Waals surface area (Å²) in [5.41, 5.74) is 4.94. The summed E-state index contributed by atoms with van der Waals surface area (Å²) in [7, 11) is 0. The van der Waals surface area contributed by atoms with Gasteiger partial charge < -0.3 is 47.0 Å². The molecular weight excluding hydrogens is 454 g/mol. The number of amides is 2. The largest absolute Gasteiger partial charge is 0.504 e. The lowest BCUT2D eigenvalue weighted by atomic mass is 10.1. The summed E-state index contributed by atoms with van der Waals surface area (Å²) in [6, 6.07) is -0.461. The highest BCUT2D eigenvalue weighted by molar-refractivity contribution is 7.80. The van der Waals surface area contributed by atoms with Crippen LogP contribution in [0.5, 0.6) is 17.2 Å². The molecule has 0 spiro atoms. The van der Waals surface area contributed by atoms with Gasteiger partial charge in [0, 0.05) is 12.2 Å². The number of benzene rings is 1. The van der Waals surface area contributed by atoms with E-state index in [2.05, 4.69) is 23.3 Å². The molecule has 0 fully saturated rings. The summed E-state index contributed by atoms with van der Waals surface area (Å²) >= 11 is 3.87. The molecule has 1 aromatic carbocycles. The molecule has 0 aliphatic carbocycles. The first-order valence-electron chi connectivity index (χ1n) is 8.66. The first-order chi connectivity index (χ1) is 14.8. The van der Waals surface area contributed by atoms with E-state index in [1.165, 1.54) is 0 Å². The summed E-state index contributed by atoms with van der Waals surface area (Å²) in [6.07, 6.45) is -0.235. The van der Waals surface area contributed by atoms with Gasteiger partial charge in [0.1, 0.15) is 18.6 Å². The lowest BCUT2D eigenvalue weighted by molar-refractivity contribution is -0.139. The van der Waals surface area contributed by atoms with Crippen LogP contribution in [0.1, 0.15) is 23.2 Å². The van der Waals surface area contributed by atoms with Crippen molar-refractivity contribution in [2.45, 2.75) is 24.9 Å². The van der Waals surface area contributed by atoms with Gasteiger partial charge in [-0.15, -0.1) is 0 Å². The fourth-order valence-corrected chi connectivity index (χ4v) is 2.14. The number of carboxylic acid groups (broad SMARTS) is 3. The molecule has 2 unspecified atom stereocenters. The molecule has 0 aliphatic rings. The standard InChI is InChI=1S/C10H17N3O6S.C7H6O5/c11-5(10(18)19)1-2-7(14)13-6(4-20)9(17)12-3-8(15)16;8-4-1-3(7(11)12)2-5(9)6(4)10/h5-6,20H,1-4,11H2,(H,12,17)(H,13,14)(H,15,16)(H,18,19);1-2,8-10H,(H,11,12). The molecule has 0 aliphatic heterocycles. The number of rotatable bonds is 10. The van der Waals surface area contributed by atoms with Gasteiger partial charge in [-0.2, -0.15) is 12.6 Å². The number of thiol groups is 1. The van der Waals surface area contributed by atoms with E-state index in [4.69, 9.17) is 36.4 Å². The third kappa shape index (κ3) is 10.4. The van der Waals surface area contributed by atoms with Crippen molar-refractivity contribution in [2.75, 3.05) is 12.3 Å². The van der Waals surface area contributed by atoms with E-state index in [0.29, 0.717) is 0 Å². The van der Waals surface area contributed by atoms with Crippen molar-refractivity contribution in [3.63, 3.8) is 0 Å². The molecule has 15 heteroatoms. The van der Waals surface area contributed by atoms with E-state index in [9.17, 15) is 24.0 Å². The smallest absolute Gasteiger partial charge is 0.335 e. The van der Waals surface area contributed by atoms with E-state index in [0.717, 1.165) is 12.1 Å². The first-order valence-corrected chi connectivity index (χ1v) is 9.29. The van der Waals surface area contributed by atoms with Gasteiger partial charge in [-0.05, 0) is 18.6 Å². The zero-order chi connectivity index (χ0) is 25.0. The average Bonchev–Trinajstić information content (AvgIpc) is 2.72. The van der Waals surface area contributed by atoms with Crippen molar-refractivity contribution < 1.29 is 54.6 Å². The van der Waals surface area contributed by atoms with Crippen LogP contribution < -0.4 is 16.4 Å². The molecule has 14 nitrogen and oxygen atoms in total. The van der Waals surface area contributed by atoms with Gasteiger partial charge in [-0.25, -0.2) is 4.79 Å². The van der Waals surface area contributed by atoms with Crippen LogP contribution in [0.25, 0.3) is 0 Å². The lowest BCUT2D eigenvalue weighted by Gasteiger charge is -2.16. The summed E-state index contributed by atoms with van der Waals surface area (Å²) in [5, 5.41) is 56.3. The van der Waals surface area contributed by atoms with Gasteiger partial charge >= 0.3 is 17.9 Å². The molecule has 0 radical (unpaired) electrons. The van der Waals surface area contributed by atoms with Crippen LogP contribution in [0, 0.1) is 0 Å². The number of nitrogens with one attached hydrogen (secondary N) is 2. The molecule has 178 valence electrons. The third-order valence-electron chi connectivity index (χ3n) is 3.56. The zero-order valence-electron chi connectivity index (χ0n) is 16.4. The molecule has 2 amide bonds. The number of carbonyl (C=O) groups excluding carboxylic acids is 2. The highest BCUT2D eigenvalue weighted by atomic mass is 32.1. The maximum Gasteiger partial charge on any atom is 0.335 e. The van der Waals surface area contributed by atoms with Crippen molar-refractivity contribution >= 4 is 42.4 Å². The summed E-state index contributed by atoms with van der Waals surface area (Å²) in [4.78, 5) is 54.1. The molecular formula is C17H23N3O11S. The number of aromatic carboxylic acids is 1. The molecule has 1 rings (SSSR count). The molecule has 32 heavy (non-hydrogen) atoms. The Balaban J connectivity index is 0.000000677. The second-order valence-electron chi connectivity index (χ2n) is 6.07. The fourth-order valence-electron chi connectivity index (χ4n) is 1.88. The molecule has 1 aromatic rings.